The maximum Gasteiger partial charge on any atom is 0.160 e. The molecule has 0 aliphatic rings. The molecule has 0 radical (unpaired) electrons. The second-order valence-electron chi connectivity index (χ2n) is 3.29. The first-order valence-corrected chi connectivity index (χ1v) is 4.34. The van der Waals surface area contributed by atoms with Gasteiger partial charge in [0.1, 0.15) is 5.69 Å². The van der Waals surface area contributed by atoms with Crippen molar-refractivity contribution < 1.29 is 5.11 Å². The Morgan fingerprint density at radius 2 is 2.08 bits per heavy atom. The van der Waals surface area contributed by atoms with Crippen LogP contribution in [0.1, 0.15) is 38.1 Å². The molecule has 0 atom stereocenters. The van der Waals surface area contributed by atoms with Gasteiger partial charge < -0.3 is 5.11 Å². The predicted molar refractivity (Wildman–Crippen MR) is 48.4 cm³/mol. The quantitative estimate of drug-likeness (QED) is 0.733. The summed E-state index contributed by atoms with van der Waals surface area (Å²) in [6.45, 7) is 8.78. The molecule has 0 aliphatic carbocycles. The fourth-order valence-electron chi connectivity index (χ4n) is 1.40. The van der Waals surface area contributed by atoms with Crippen molar-refractivity contribution in [2.45, 2.75) is 40.2 Å². The van der Waals surface area contributed by atoms with E-state index in [1.807, 2.05) is 18.5 Å². The summed E-state index contributed by atoms with van der Waals surface area (Å²) >= 11 is 0. The molecule has 0 saturated heterocycles. The van der Waals surface area contributed by atoms with Gasteiger partial charge in [0.25, 0.3) is 0 Å². The highest BCUT2D eigenvalue weighted by Gasteiger charge is 2.15. The van der Waals surface area contributed by atoms with Crippen molar-refractivity contribution in [3.63, 3.8) is 0 Å². The topological polar surface area (TPSA) is 38.0 Å². The number of nitrogens with zero attached hydrogens (tertiary/aromatic N) is 2. The largest absolute Gasteiger partial charge is 0.504 e. The molecule has 1 aromatic heterocycles. The zero-order valence-electron chi connectivity index (χ0n) is 8.13. The third-order valence-electron chi connectivity index (χ3n) is 1.98. The maximum atomic E-state index is 9.64. The molecule has 0 aliphatic heterocycles. The van der Waals surface area contributed by atoms with Crippen LogP contribution in [0, 0.1) is 6.92 Å². The van der Waals surface area contributed by atoms with Gasteiger partial charge in [0, 0.05) is 6.54 Å². The molecule has 3 heteroatoms. The SMILES string of the molecule is CCn1nc(C)c(O)c1C(C)C. The Morgan fingerprint density at radius 1 is 1.50 bits per heavy atom. The molecule has 3 nitrogen and oxygen atoms in total. The summed E-state index contributed by atoms with van der Waals surface area (Å²) in [7, 11) is 0. The van der Waals surface area contributed by atoms with Crippen LogP contribution in [-0.2, 0) is 6.54 Å². The first-order chi connectivity index (χ1) is 5.57. The van der Waals surface area contributed by atoms with E-state index >= 15 is 0 Å². The van der Waals surface area contributed by atoms with E-state index in [0.717, 1.165) is 17.9 Å². The minimum absolute atomic E-state index is 0.325. The fraction of sp³-hybridized carbons (Fsp3) is 0.667. The van der Waals surface area contributed by atoms with Gasteiger partial charge in [0.15, 0.2) is 5.75 Å². The van der Waals surface area contributed by atoms with E-state index in [-0.39, 0.29) is 0 Å². The minimum atomic E-state index is 0.325. The van der Waals surface area contributed by atoms with Gasteiger partial charge >= 0.3 is 0 Å². The Bertz CT molecular complexity index is 276. The molecule has 0 amide bonds. The summed E-state index contributed by atoms with van der Waals surface area (Å²) in [5.41, 5.74) is 1.66. The number of aromatic nitrogens is 2. The zero-order valence-corrected chi connectivity index (χ0v) is 8.13. The Morgan fingerprint density at radius 3 is 2.42 bits per heavy atom. The van der Waals surface area contributed by atoms with Crippen LogP contribution in [0.15, 0.2) is 0 Å². The highest BCUT2D eigenvalue weighted by molar-refractivity contribution is 5.33. The average molecular weight is 168 g/mol. The summed E-state index contributed by atoms with van der Waals surface area (Å²) in [5, 5.41) is 13.9. The molecule has 1 rings (SSSR count). The smallest absolute Gasteiger partial charge is 0.160 e. The summed E-state index contributed by atoms with van der Waals surface area (Å²) in [6, 6.07) is 0. The maximum absolute atomic E-state index is 9.64. The van der Waals surface area contributed by atoms with Crippen LogP contribution in [0.25, 0.3) is 0 Å². The lowest BCUT2D eigenvalue weighted by atomic mass is 10.1. The second-order valence-corrected chi connectivity index (χ2v) is 3.29. The van der Waals surface area contributed by atoms with Gasteiger partial charge in [-0.1, -0.05) is 13.8 Å². The summed E-state index contributed by atoms with van der Waals surface area (Å²) in [5.74, 6) is 0.679. The average Bonchev–Trinajstić information content (AvgIpc) is 2.28. The molecule has 1 aromatic rings. The van der Waals surface area contributed by atoms with Crippen LogP contribution in [0.3, 0.4) is 0 Å². The highest BCUT2D eigenvalue weighted by Crippen LogP contribution is 2.27. The monoisotopic (exact) mass is 168 g/mol. The van der Waals surface area contributed by atoms with Crippen molar-refractivity contribution in [2.24, 2.45) is 0 Å². The molecule has 1 heterocycles. The molecular weight excluding hydrogens is 152 g/mol. The van der Waals surface area contributed by atoms with Crippen molar-refractivity contribution >= 4 is 0 Å². The van der Waals surface area contributed by atoms with E-state index in [9.17, 15) is 5.11 Å². The Kier molecular flexibility index (Phi) is 2.40. The molecule has 12 heavy (non-hydrogen) atoms. The summed E-state index contributed by atoms with van der Waals surface area (Å²) in [6.07, 6.45) is 0. The third-order valence-corrected chi connectivity index (χ3v) is 1.98. The molecule has 0 saturated carbocycles. The van der Waals surface area contributed by atoms with Crippen LogP contribution in [-0.4, -0.2) is 14.9 Å². The number of hydrogen-bond acceptors (Lipinski definition) is 2. The first-order valence-electron chi connectivity index (χ1n) is 4.34. The first kappa shape index (κ1) is 9.10. The van der Waals surface area contributed by atoms with Gasteiger partial charge in [-0.15, -0.1) is 0 Å². The predicted octanol–water partition coefficient (Wildman–Crippen LogP) is 2.04. The van der Waals surface area contributed by atoms with E-state index in [4.69, 9.17) is 0 Å². The fourth-order valence-corrected chi connectivity index (χ4v) is 1.40. The van der Waals surface area contributed by atoms with E-state index in [0.29, 0.717) is 11.7 Å². The van der Waals surface area contributed by atoms with Crippen LogP contribution < -0.4 is 0 Å². The Balaban J connectivity index is 3.21. The van der Waals surface area contributed by atoms with Crippen molar-refractivity contribution in [3.8, 4) is 5.75 Å². The minimum Gasteiger partial charge on any atom is -0.504 e. The molecule has 0 spiro atoms. The lowest BCUT2D eigenvalue weighted by Gasteiger charge is -2.07. The zero-order chi connectivity index (χ0) is 9.30. The molecule has 0 unspecified atom stereocenters. The molecule has 1 N–H and O–H groups in total. The van der Waals surface area contributed by atoms with Crippen molar-refractivity contribution in [1.29, 1.82) is 0 Å². The second kappa shape index (κ2) is 3.17. The normalized spacial score (nSPS) is 11.1. The van der Waals surface area contributed by atoms with Gasteiger partial charge in [-0.25, -0.2) is 0 Å². The van der Waals surface area contributed by atoms with Gasteiger partial charge in [-0.2, -0.15) is 5.10 Å². The van der Waals surface area contributed by atoms with Crippen molar-refractivity contribution in [3.05, 3.63) is 11.4 Å². The molecule has 0 fully saturated rings. The van der Waals surface area contributed by atoms with Crippen molar-refractivity contribution in [1.82, 2.24) is 9.78 Å². The Labute approximate surface area is 73.0 Å². The number of hydrogen-bond donors (Lipinski definition) is 1. The summed E-state index contributed by atoms with van der Waals surface area (Å²) in [4.78, 5) is 0. The van der Waals surface area contributed by atoms with Gasteiger partial charge in [0.2, 0.25) is 0 Å². The van der Waals surface area contributed by atoms with E-state index < -0.39 is 0 Å². The van der Waals surface area contributed by atoms with Gasteiger partial charge in [0.05, 0.1) is 5.69 Å². The molecule has 68 valence electrons. The molecular formula is C9H16N2O. The highest BCUT2D eigenvalue weighted by atomic mass is 16.3. The molecule has 0 bridgehead atoms. The van der Waals surface area contributed by atoms with Crippen LogP contribution in [0.2, 0.25) is 0 Å². The van der Waals surface area contributed by atoms with E-state index in [1.165, 1.54) is 0 Å². The van der Waals surface area contributed by atoms with E-state index in [1.54, 1.807) is 0 Å². The van der Waals surface area contributed by atoms with Gasteiger partial charge in [-0.05, 0) is 19.8 Å². The van der Waals surface area contributed by atoms with Crippen molar-refractivity contribution in [2.75, 3.05) is 0 Å². The lowest BCUT2D eigenvalue weighted by Crippen LogP contribution is -2.03. The number of aryl methyl sites for hydroxylation is 2. The molecule has 0 aromatic carbocycles. The van der Waals surface area contributed by atoms with Crippen LogP contribution >= 0.6 is 0 Å². The van der Waals surface area contributed by atoms with Gasteiger partial charge in [-0.3, -0.25) is 4.68 Å². The van der Waals surface area contributed by atoms with Crippen LogP contribution in [0.4, 0.5) is 0 Å². The van der Waals surface area contributed by atoms with Crippen LogP contribution in [0.5, 0.6) is 5.75 Å². The van der Waals surface area contributed by atoms with E-state index in [2.05, 4.69) is 18.9 Å². The third kappa shape index (κ3) is 1.31. The standard InChI is InChI=1S/C9H16N2O/c1-5-11-8(6(2)3)9(12)7(4)10-11/h6,12H,5H2,1-4H3. The lowest BCUT2D eigenvalue weighted by molar-refractivity contribution is 0.455. The Hall–Kier alpha value is -0.990. The number of aromatic hydroxyl groups is 1. The summed E-state index contributed by atoms with van der Waals surface area (Å²) < 4.78 is 1.86. The number of rotatable bonds is 2.